The molecule has 9 heteroatoms. The Hall–Kier alpha value is -1.97. The monoisotopic (exact) mass is 387 g/mol. The second kappa shape index (κ2) is 9.11. The van der Waals surface area contributed by atoms with Crippen molar-refractivity contribution in [1.29, 1.82) is 0 Å². The number of alkyl halides is 3. The van der Waals surface area contributed by atoms with E-state index in [1.165, 1.54) is 18.4 Å². The number of nitrogens with zero attached hydrogens (tertiary/aromatic N) is 2. The summed E-state index contributed by atoms with van der Waals surface area (Å²) in [6.07, 6.45) is -4.38. The van der Waals surface area contributed by atoms with Crippen LogP contribution in [-0.2, 0) is 9.53 Å². The Morgan fingerprint density at radius 1 is 1.38 bits per heavy atom. The van der Waals surface area contributed by atoms with Gasteiger partial charge in [-0.2, -0.15) is 13.2 Å². The van der Waals surface area contributed by atoms with Crippen molar-refractivity contribution in [3.63, 3.8) is 0 Å². The first-order valence-electron chi connectivity index (χ1n) is 7.87. The highest BCUT2D eigenvalue weighted by atomic mass is 32.1. The topological polar surface area (TPSA) is 54.5 Å². The SMILES string of the molecule is COCCN(CC(=O)Nc1cccc(-c2csc(C)n2)c1)CC(F)(F)F. The highest BCUT2D eigenvalue weighted by Crippen LogP contribution is 2.24. The van der Waals surface area contributed by atoms with Crippen LogP contribution in [0.2, 0.25) is 0 Å². The van der Waals surface area contributed by atoms with Crippen LogP contribution in [0.15, 0.2) is 29.6 Å². The maximum atomic E-state index is 12.6. The van der Waals surface area contributed by atoms with Crippen LogP contribution < -0.4 is 5.32 Å². The van der Waals surface area contributed by atoms with Crippen molar-refractivity contribution < 1.29 is 22.7 Å². The molecule has 0 aliphatic carbocycles. The highest BCUT2D eigenvalue weighted by Gasteiger charge is 2.31. The zero-order valence-corrected chi connectivity index (χ0v) is 15.3. The van der Waals surface area contributed by atoms with Crippen LogP contribution >= 0.6 is 11.3 Å². The summed E-state index contributed by atoms with van der Waals surface area (Å²) < 4.78 is 42.7. The van der Waals surface area contributed by atoms with E-state index in [2.05, 4.69) is 10.3 Å². The molecule has 2 rings (SSSR count). The third-order valence-corrected chi connectivity index (χ3v) is 4.22. The fourth-order valence-corrected chi connectivity index (χ4v) is 2.97. The summed E-state index contributed by atoms with van der Waals surface area (Å²) in [6.45, 7) is 0.490. The third-order valence-electron chi connectivity index (χ3n) is 3.44. The molecule has 0 atom stereocenters. The Labute approximate surface area is 153 Å². The number of nitrogens with one attached hydrogen (secondary N) is 1. The zero-order valence-electron chi connectivity index (χ0n) is 14.5. The molecule has 0 unspecified atom stereocenters. The molecule has 1 aromatic heterocycles. The molecular formula is C17H20F3N3O2S. The number of rotatable bonds is 8. The van der Waals surface area contributed by atoms with Gasteiger partial charge in [-0.1, -0.05) is 12.1 Å². The minimum atomic E-state index is -4.38. The van der Waals surface area contributed by atoms with Crippen LogP contribution in [0, 0.1) is 6.92 Å². The van der Waals surface area contributed by atoms with E-state index in [1.54, 1.807) is 18.2 Å². The van der Waals surface area contributed by atoms with Gasteiger partial charge < -0.3 is 10.1 Å². The molecule has 0 saturated carbocycles. The first-order valence-corrected chi connectivity index (χ1v) is 8.75. The van der Waals surface area contributed by atoms with E-state index in [0.29, 0.717) is 5.69 Å². The van der Waals surface area contributed by atoms with Gasteiger partial charge in [0.1, 0.15) is 0 Å². The van der Waals surface area contributed by atoms with Crippen LogP contribution in [0.25, 0.3) is 11.3 Å². The Morgan fingerprint density at radius 3 is 2.77 bits per heavy atom. The molecule has 1 heterocycles. The summed E-state index contributed by atoms with van der Waals surface area (Å²) in [4.78, 5) is 17.5. The van der Waals surface area contributed by atoms with E-state index >= 15 is 0 Å². The molecule has 5 nitrogen and oxygen atoms in total. The minimum absolute atomic E-state index is 0.0154. The molecule has 142 valence electrons. The van der Waals surface area contributed by atoms with Crippen LogP contribution in [0.4, 0.5) is 18.9 Å². The number of hydrogen-bond acceptors (Lipinski definition) is 5. The summed E-state index contributed by atoms with van der Waals surface area (Å²) in [6, 6.07) is 7.05. The van der Waals surface area contributed by atoms with Gasteiger partial charge in [-0.25, -0.2) is 4.98 Å². The van der Waals surface area contributed by atoms with Crippen LogP contribution in [0.3, 0.4) is 0 Å². The summed E-state index contributed by atoms with van der Waals surface area (Å²) >= 11 is 1.52. The highest BCUT2D eigenvalue weighted by molar-refractivity contribution is 7.09. The van der Waals surface area contributed by atoms with Gasteiger partial charge in [0.2, 0.25) is 5.91 Å². The van der Waals surface area contributed by atoms with Gasteiger partial charge in [-0.15, -0.1) is 11.3 Å². The van der Waals surface area contributed by atoms with Gasteiger partial charge in [0, 0.05) is 30.3 Å². The predicted molar refractivity (Wildman–Crippen MR) is 95.3 cm³/mol. The van der Waals surface area contributed by atoms with E-state index in [1.807, 2.05) is 18.4 Å². The number of ether oxygens (including phenoxy) is 1. The van der Waals surface area contributed by atoms with E-state index in [0.717, 1.165) is 21.2 Å². The van der Waals surface area contributed by atoms with Gasteiger partial charge in [0.05, 0.1) is 30.4 Å². The number of hydrogen-bond donors (Lipinski definition) is 1. The Bertz CT molecular complexity index is 734. The third kappa shape index (κ3) is 6.74. The van der Waals surface area contributed by atoms with Crippen LogP contribution in [0.1, 0.15) is 5.01 Å². The molecule has 0 spiro atoms. The molecule has 26 heavy (non-hydrogen) atoms. The lowest BCUT2D eigenvalue weighted by molar-refractivity contribution is -0.149. The van der Waals surface area contributed by atoms with Gasteiger partial charge >= 0.3 is 6.18 Å². The molecule has 0 radical (unpaired) electrons. The zero-order chi connectivity index (χ0) is 19.2. The van der Waals surface area contributed by atoms with Crippen molar-refractivity contribution in [3.8, 4) is 11.3 Å². The largest absolute Gasteiger partial charge is 0.401 e. The molecule has 0 fully saturated rings. The molecule has 2 aromatic rings. The lowest BCUT2D eigenvalue weighted by Gasteiger charge is -2.22. The van der Waals surface area contributed by atoms with E-state index in [-0.39, 0.29) is 19.7 Å². The van der Waals surface area contributed by atoms with Gasteiger partial charge in [0.25, 0.3) is 0 Å². The Balaban J connectivity index is 2.01. The first kappa shape index (κ1) is 20.3. The lowest BCUT2D eigenvalue weighted by atomic mass is 10.1. The van der Waals surface area contributed by atoms with Crippen molar-refractivity contribution in [1.82, 2.24) is 9.88 Å². The quantitative estimate of drug-likeness (QED) is 0.753. The molecule has 0 aliphatic heterocycles. The molecule has 0 bridgehead atoms. The smallest absolute Gasteiger partial charge is 0.383 e. The second-order valence-electron chi connectivity index (χ2n) is 5.70. The number of methoxy groups -OCH3 is 1. The fraction of sp³-hybridized carbons (Fsp3) is 0.412. The molecule has 0 saturated heterocycles. The maximum Gasteiger partial charge on any atom is 0.401 e. The lowest BCUT2D eigenvalue weighted by Crippen LogP contribution is -2.41. The summed E-state index contributed by atoms with van der Waals surface area (Å²) in [5.74, 6) is -0.517. The van der Waals surface area contributed by atoms with Crippen molar-refractivity contribution >= 4 is 22.9 Å². The summed E-state index contributed by atoms with van der Waals surface area (Å²) in [7, 11) is 1.40. The second-order valence-corrected chi connectivity index (χ2v) is 6.76. The Morgan fingerprint density at radius 2 is 2.15 bits per heavy atom. The number of carbonyl (C=O) groups is 1. The van der Waals surface area contributed by atoms with E-state index in [9.17, 15) is 18.0 Å². The number of benzene rings is 1. The number of anilines is 1. The number of aryl methyl sites for hydroxylation is 1. The molecular weight excluding hydrogens is 367 g/mol. The minimum Gasteiger partial charge on any atom is -0.383 e. The Kier molecular flexibility index (Phi) is 7.13. The van der Waals surface area contributed by atoms with E-state index < -0.39 is 18.6 Å². The van der Waals surface area contributed by atoms with Crippen LogP contribution in [-0.4, -0.2) is 55.3 Å². The van der Waals surface area contributed by atoms with Crippen molar-refractivity contribution in [2.75, 3.05) is 38.7 Å². The van der Waals surface area contributed by atoms with Crippen molar-refractivity contribution in [3.05, 3.63) is 34.7 Å². The molecule has 1 aromatic carbocycles. The molecule has 1 amide bonds. The predicted octanol–water partition coefficient (Wildman–Crippen LogP) is 3.57. The van der Waals surface area contributed by atoms with Gasteiger partial charge in [-0.05, 0) is 19.1 Å². The van der Waals surface area contributed by atoms with Crippen molar-refractivity contribution in [2.45, 2.75) is 13.1 Å². The first-order chi connectivity index (χ1) is 12.3. The van der Waals surface area contributed by atoms with E-state index in [4.69, 9.17) is 4.74 Å². The number of amides is 1. The maximum absolute atomic E-state index is 12.6. The standard InChI is InChI=1S/C17H20F3N3O2S/c1-12-21-15(10-26-12)13-4-3-5-14(8-13)22-16(24)9-23(6-7-25-2)11-17(18,19)20/h3-5,8,10H,6-7,9,11H2,1-2H3,(H,22,24). The number of carbonyl (C=O) groups excluding carboxylic acids is 1. The molecule has 0 aliphatic rings. The number of thiazole rings is 1. The van der Waals surface area contributed by atoms with Gasteiger partial charge in [-0.3, -0.25) is 9.69 Å². The number of halogens is 3. The number of aromatic nitrogens is 1. The van der Waals surface area contributed by atoms with Gasteiger partial charge in [0.15, 0.2) is 0 Å². The summed E-state index contributed by atoms with van der Waals surface area (Å²) in [5, 5.41) is 5.47. The average molecular weight is 387 g/mol. The average Bonchev–Trinajstić information content (AvgIpc) is 2.98. The fourth-order valence-electron chi connectivity index (χ4n) is 2.34. The molecule has 1 N–H and O–H groups in total. The normalized spacial score (nSPS) is 11.8. The van der Waals surface area contributed by atoms with Crippen LogP contribution in [0.5, 0.6) is 0 Å². The summed E-state index contributed by atoms with van der Waals surface area (Å²) in [5.41, 5.74) is 2.14. The van der Waals surface area contributed by atoms with Crippen molar-refractivity contribution in [2.24, 2.45) is 0 Å².